The molecule has 1 aliphatic rings. The molecule has 0 saturated heterocycles. The van der Waals surface area contributed by atoms with Crippen LogP contribution in [-0.2, 0) is 0 Å². The van der Waals surface area contributed by atoms with Crippen molar-refractivity contribution in [1.82, 2.24) is 9.88 Å². The Morgan fingerprint density at radius 2 is 2.25 bits per heavy atom. The summed E-state index contributed by atoms with van der Waals surface area (Å²) < 4.78 is 1.07. The molecule has 4 nitrogen and oxygen atoms in total. The Morgan fingerprint density at radius 1 is 1.40 bits per heavy atom. The summed E-state index contributed by atoms with van der Waals surface area (Å²) in [6, 6.07) is 8.44. The maximum Gasteiger partial charge on any atom is 0.191 e. The molecule has 0 amide bonds. The van der Waals surface area contributed by atoms with Gasteiger partial charge < -0.3 is 10.6 Å². The molecule has 0 fully saturated rings. The Bertz CT molecular complexity index is 668. The molecule has 1 unspecified atom stereocenters. The molecule has 1 aliphatic heterocycles. The summed E-state index contributed by atoms with van der Waals surface area (Å²) in [6.45, 7) is 3.78. The van der Waals surface area contributed by atoms with Gasteiger partial charge in [-0.2, -0.15) is 0 Å². The molecule has 0 bridgehead atoms. The van der Waals surface area contributed by atoms with E-state index in [2.05, 4.69) is 55.9 Å². The van der Waals surface area contributed by atoms with Gasteiger partial charge in [0.2, 0.25) is 0 Å². The monoisotopic (exact) mass is 332 g/mol. The van der Waals surface area contributed by atoms with E-state index in [1.807, 2.05) is 12.3 Å². The van der Waals surface area contributed by atoms with Crippen LogP contribution in [-0.4, -0.2) is 28.9 Å². The normalized spacial score (nSPS) is 18.6. The second-order valence-corrected chi connectivity index (χ2v) is 5.80. The van der Waals surface area contributed by atoms with Gasteiger partial charge in [-0.05, 0) is 18.6 Å². The Labute approximate surface area is 126 Å². The van der Waals surface area contributed by atoms with Crippen LogP contribution >= 0.6 is 15.9 Å². The molecule has 0 spiro atoms. The molecule has 1 atom stereocenters. The van der Waals surface area contributed by atoms with Crippen molar-refractivity contribution in [2.75, 3.05) is 13.1 Å². The zero-order valence-electron chi connectivity index (χ0n) is 11.4. The van der Waals surface area contributed by atoms with Gasteiger partial charge in [0.05, 0.1) is 18.1 Å². The SMILES string of the molecule is CCCN1C(N)=NCC1c1ccc(Br)c2cccnc12. The summed E-state index contributed by atoms with van der Waals surface area (Å²) in [7, 11) is 0. The molecule has 0 saturated carbocycles. The number of hydrogen-bond donors (Lipinski definition) is 1. The minimum absolute atomic E-state index is 0.195. The predicted molar refractivity (Wildman–Crippen MR) is 85.7 cm³/mol. The van der Waals surface area contributed by atoms with E-state index in [1.54, 1.807) is 0 Å². The van der Waals surface area contributed by atoms with E-state index in [4.69, 9.17) is 5.73 Å². The number of nitrogens with two attached hydrogens (primary N) is 1. The molecule has 2 N–H and O–H groups in total. The lowest BCUT2D eigenvalue weighted by Gasteiger charge is -2.26. The van der Waals surface area contributed by atoms with Crippen molar-refractivity contribution < 1.29 is 0 Å². The molecule has 3 rings (SSSR count). The van der Waals surface area contributed by atoms with Gasteiger partial charge in [-0.1, -0.05) is 35.0 Å². The predicted octanol–water partition coefficient (Wildman–Crippen LogP) is 3.08. The van der Waals surface area contributed by atoms with Gasteiger partial charge >= 0.3 is 0 Å². The molecule has 0 aliphatic carbocycles. The van der Waals surface area contributed by atoms with Crippen LogP contribution in [0.3, 0.4) is 0 Å². The highest BCUT2D eigenvalue weighted by Crippen LogP contribution is 2.33. The molecule has 20 heavy (non-hydrogen) atoms. The van der Waals surface area contributed by atoms with E-state index in [0.717, 1.165) is 28.3 Å². The van der Waals surface area contributed by atoms with Crippen molar-refractivity contribution in [3.63, 3.8) is 0 Å². The maximum atomic E-state index is 6.01. The van der Waals surface area contributed by atoms with Gasteiger partial charge in [0.25, 0.3) is 0 Å². The second-order valence-electron chi connectivity index (χ2n) is 4.94. The van der Waals surface area contributed by atoms with E-state index >= 15 is 0 Å². The highest BCUT2D eigenvalue weighted by atomic mass is 79.9. The largest absolute Gasteiger partial charge is 0.370 e. The van der Waals surface area contributed by atoms with Crippen LogP contribution in [0.2, 0.25) is 0 Å². The van der Waals surface area contributed by atoms with Crippen LogP contribution in [0, 0.1) is 0 Å². The third-order valence-corrected chi connectivity index (χ3v) is 4.36. The first-order valence-electron chi connectivity index (χ1n) is 6.82. The summed E-state index contributed by atoms with van der Waals surface area (Å²) in [5, 5.41) is 1.13. The smallest absolute Gasteiger partial charge is 0.191 e. The van der Waals surface area contributed by atoms with Crippen LogP contribution in [0.15, 0.2) is 39.9 Å². The number of pyridine rings is 1. The first kappa shape index (κ1) is 13.4. The Morgan fingerprint density at radius 3 is 3.05 bits per heavy atom. The van der Waals surface area contributed by atoms with Crippen LogP contribution in [0.1, 0.15) is 24.9 Å². The number of aromatic nitrogens is 1. The van der Waals surface area contributed by atoms with Crippen molar-refractivity contribution in [3.05, 3.63) is 40.5 Å². The number of benzene rings is 1. The average molecular weight is 333 g/mol. The van der Waals surface area contributed by atoms with E-state index < -0.39 is 0 Å². The van der Waals surface area contributed by atoms with Crippen molar-refractivity contribution in [1.29, 1.82) is 0 Å². The number of rotatable bonds is 3. The quantitative estimate of drug-likeness (QED) is 0.939. The van der Waals surface area contributed by atoms with Crippen molar-refractivity contribution in [2.45, 2.75) is 19.4 Å². The van der Waals surface area contributed by atoms with Crippen LogP contribution in [0.25, 0.3) is 10.9 Å². The molecular formula is C15H17BrN4. The molecule has 0 radical (unpaired) electrons. The Balaban J connectivity index is 2.09. The molecule has 2 aromatic rings. The second kappa shape index (κ2) is 5.40. The third kappa shape index (κ3) is 2.16. The number of aliphatic imine (C=N–C) groups is 1. The number of nitrogens with zero attached hydrogens (tertiary/aromatic N) is 3. The highest BCUT2D eigenvalue weighted by Gasteiger charge is 2.28. The topological polar surface area (TPSA) is 54.5 Å². The summed E-state index contributed by atoms with van der Waals surface area (Å²) in [4.78, 5) is 11.1. The first-order valence-corrected chi connectivity index (χ1v) is 7.61. The van der Waals surface area contributed by atoms with Crippen LogP contribution in [0.4, 0.5) is 0 Å². The lowest BCUT2D eigenvalue weighted by Crippen LogP contribution is -2.36. The van der Waals surface area contributed by atoms with Crippen molar-refractivity contribution >= 4 is 32.8 Å². The fourth-order valence-electron chi connectivity index (χ4n) is 2.74. The summed E-state index contributed by atoms with van der Waals surface area (Å²) in [6.07, 6.45) is 2.89. The lowest BCUT2D eigenvalue weighted by molar-refractivity contribution is 0.349. The fourth-order valence-corrected chi connectivity index (χ4v) is 3.19. The Kier molecular flexibility index (Phi) is 3.61. The summed E-state index contributed by atoms with van der Waals surface area (Å²) in [5.41, 5.74) is 8.23. The zero-order valence-corrected chi connectivity index (χ0v) is 13.0. The van der Waals surface area contributed by atoms with Gasteiger partial charge in [-0.3, -0.25) is 9.98 Å². The molecule has 2 heterocycles. The van der Waals surface area contributed by atoms with Gasteiger partial charge in [-0.25, -0.2) is 0 Å². The average Bonchev–Trinajstić information content (AvgIpc) is 2.82. The molecule has 1 aromatic heterocycles. The summed E-state index contributed by atoms with van der Waals surface area (Å²) in [5.74, 6) is 0.642. The van der Waals surface area contributed by atoms with E-state index in [1.165, 1.54) is 5.56 Å². The standard InChI is InChI=1S/C15H17BrN4/c1-2-8-20-13(9-19-15(20)17)11-5-6-12(16)10-4-3-7-18-14(10)11/h3-7,13H,2,8-9H2,1H3,(H2,17,19). The number of hydrogen-bond acceptors (Lipinski definition) is 4. The minimum atomic E-state index is 0.195. The molecule has 5 heteroatoms. The third-order valence-electron chi connectivity index (χ3n) is 3.67. The van der Waals surface area contributed by atoms with E-state index in [-0.39, 0.29) is 6.04 Å². The van der Waals surface area contributed by atoms with Gasteiger partial charge in [0, 0.05) is 28.2 Å². The van der Waals surface area contributed by atoms with Crippen LogP contribution < -0.4 is 5.73 Å². The number of fused-ring (bicyclic) bond motifs is 1. The summed E-state index contributed by atoms with van der Waals surface area (Å²) >= 11 is 3.59. The van der Waals surface area contributed by atoms with Crippen LogP contribution in [0.5, 0.6) is 0 Å². The van der Waals surface area contributed by atoms with Gasteiger partial charge in [0.1, 0.15) is 0 Å². The highest BCUT2D eigenvalue weighted by molar-refractivity contribution is 9.10. The number of halogens is 1. The first-order chi connectivity index (χ1) is 9.72. The zero-order chi connectivity index (χ0) is 14.1. The van der Waals surface area contributed by atoms with Gasteiger partial charge in [-0.15, -0.1) is 0 Å². The van der Waals surface area contributed by atoms with Gasteiger partial charge in [0.15, 0.2) is 5.96 Å². The molecular weight excluding hydrogens is 316 g/mol. The number of guanidine groups is 1. The maximum absolute atomic E-state index is 6.01. The fraction of sp³-hybridized carbons (Fsp3) is 0.333. The Hall–Kier alpha value is -1.62. The minimum Gasteiger partial charge on any atom is -0.370 e. The van der Waals surface area contributed by atoms with E-state index in [9.17, 15) is 0 Å². The molecule has 1 aromatic carbocycles. The lowest BCUT2D eigenvalue weighted by atomic mass is 10.0. The molecule has 104 valence electrons. The van der Waals surface area contributed by atoms with Crippen molar-refractivity contribution in [3.8, 4) is 0 Å². The van der Waals surface area contributed by atoms with Crippen molar-refractivity contribution in [2.24, 2.45) is 10.7 Å². The van der Waals surface area contributed by atoms with E-state index in [0.29, 0.717) is 12.5 Å².